The first-order chi connectivity index (χ1) is 16.9. The highest BCUT2D eigenvalue weighted by Gasteiger charge is 2.70. The number of alkyl halides is 6. The van der Waals surface area contributed by atoms with E-state index in [0.29, 0.717) is 12.0 Å². The average molecular weight is 541 g/mol. The molecule has 0 spiro atoms. The third-order valence-corrected chi connectivity index (χ3v) is 9.10. The number of hydrogen-bond acceptors (Lipinski definition) is 4. The fourth-order valence-electron chi connectivity index (χ4n) is 7.09. The van der Waals surface area contributed by atoms with Gasteiger partial charge in [0.2, 0.25) is 0 Å². The monoisotopic (exact) mass is 540 g/mol. The third-order valence-electron chi connectivity index (χ3n) is 9.10. The lowest BCUT2D eigenvalue weighted by atomic mass is 9.60. The summed E-state index contributed by atoms with van der Waals surface area (Å²) in [6, 6.07) is 0. The molecule has 0 aromatic carbocycles. The van der Waals surface area contributed by atoms with Crippen LogP contribution in [-0.2, 0) is 0 Å². The highest BCUT2D eigenvalue weighted by atomic mass is 19.4. The van der Waals surface area contributed by atoms with E-state index in [1.54, 1.807) is 6.92 Å². The van der Waals surface area contributed by atoms with Crippen molar-refractivity contribution >= 4 is 0 Å². The van der Waals surface area contributed by atoms with E-state index in [4.69, 9.17) is 0 Å². The first kappa shape index (κ1) is 30.2. The van der Waals surface area contributed by atoms with E-state index in [1.165, 1.54) is 5.57 Å². The van der Waals surface area contributed by atoms with Gasteiger partial charge in [0, 0.05) is 12.8 Å². The lowest BCUT2D eigenvalue weighted by Gasteiger charge is -2.45. The minimum absolute atomic E-state index is 0.0124. The molecular weight excluding hydrogens is 502 g/mol. The molecule has 0 saturated heterocycles. The Balaban J connectivity index is 1.73. The van der Waals surface area contributed by atoms with Crippen molar-refractivity contribution in [3.8, 4) is 0 Å². The SMILES string of the molecule is C=C1/C(=C\C=C2/CCC[C@]3(C)[C@@H]([C@H](C)C[C@H](O)CC(O)(C(F)(F)F)C(F)(F)F)CC[C@@H]23)C[C@@H](O)CC1O. The summed E-state index contributed by atoms with van der Waals surface area (Å²) in [5.41, 5.74) is -2.61. The van der Waals surface area contributed by atoms with Crippen LogP contribution in [0, 0.1) is 23.2 Å². The number of aliphatic hydroxyl groups excluding tert-OH is 3. The molecule has 4 N–H and O–H groups in total. The van der Waals surface area contributed by atoms with Crippen LogP contribution < -0.4 is 0 Å². The van der Waals surface area contributed by atoms with Crippen LogP contribution in [0.2, 0.25) is 0 Å². The van der Waals surface area contributed by atoms with E-state index in [0.717, 1.165) is 37.7 Å². The van der Waals surface area contributed by atoms with Crippen molar-refractivity contribution in [2.75, 3.05) is 0 Å². The lowest BCUT2D eigenvalue weighted by molar-refractivity contribution is -0.374. The number of hydrogen-bond donors (Lipinski definition) is 4. The van der Waals surface area contributed by atoms with Crippen molar-refractivity contribution in [2.24, 2.45) is 23.2 Å². The van der Waals surface area contributed by atoms with Gasteiger partial charge in [-0.1, -0.05) is 38.2 Å². The van der Waals surface area contributed by atoms with Gasteiger partial charge < -0.3 is 20.4 Å². The van der Waals surface area contributed by atoms with Crippen LogP contribution in [-0.4, -0.2) is 56.7 Å². The molecule has 1 unspecified atom stereocenters. The number of rotatable bonds is 6. The maximum atomic E-state index is 13.1. The van der Waals surface area contributed by atoms with Crippen LogP contribution in [0.5, 0.6) is 0 Å². The normalized spacial score (nSPS) is 35.6. The second-order valence-corrected chi connectivity index (χ2v) is 11.6. The van der Waals surface area contributed by atoms with Crippen LogP contribution in [0.25, 0.3) is 0 Å². The number of halogens is 6. The Morgan fingerprint density at radius 1 is 1.08 bits per heavy atom. The molecule has 212 valence electrons. The molecule has 3 aliphatic rings. The van der Waals surface area contributed by atoms with Crippen LogP contribution in [0.4, 0.5) is 26.3 Å². The number of fused-ring (bicyclic) bond motifs is 1. The highest BCUT2D eigenvalue weighted by Crippen LogP contribution is 2.60. The molecule has 0 heterocycles. The van der Waals surface area contributed by atoms with Crippen LogP contribution in [0.1, 0.15) is 71.6 Å². The zero-order chi connectivity index (χ0) is 28.0. The van der Waals surface area contributed by atoms with E-state index in [1.807, 2.05) is 12.2 Å². The molecule has 3 fully saturated rings. The Morgan fingerprint density at radius 2 is 1.70 bits per heavy atom. The summed E-state index contributed by atoms with van der Waals surface area (Å²) in [6.45, 7) is 7.78. The summed E-state index contributed by atoms with van der Waals surface area (Å²) in [7, 11) is 0. The standard InChI is InChI=1S/C27H38F6O4/c1-15(11-20(35)14-25(37,26(28,29)30)27(31,32)33)21-8-9-22-17(5-4-10-24(21,22)3)6-7-18-12-19(34)13-23(36)16(18)2/h6-7,15,19-23,34-37H,2,4-5,8-14H2,1,3H3/b17-6+,18-7-/t15-,19-,20+,21-,22+,23?,24-/m1/s1. The molecule has 4 nitrogen and oxygen atoms in total. The van der Waals surface area contributed by atoms with Crippen molar-refractivity contribution < 1.29 is 46.8 Å². The van der Waals surface area contributed by atoms with Gasteiger partial charge in [-0.3, -0.25) is 0 Å². The maximum absolute atomic E-state index is 13.1. The molecule has 0 aliphatic heterocycles. The van der Waals surface area contributed by atoms with Gasteiger partial charge in [0.15, 0.2) is 0 Å². The number of aliphatic hydroxyl groups is 4. The molecular formula is C27H38F6O4. The van der Waals surface area contributed by atoms with Gasteiger partial charge in [-0.2, -0.15) is 26.3 Å². The van der Waals surface area contributed by atoms with E-state index in [-0.39, 0.29) is 36.0 Å². The third kappa shape index (κ3) is 5.97. The topological polar surface area (TPSA) is 80.9 Å². The summed E-state index contributed by atoms with van der Waals surface area (Å²) in [5.74, 6) is -0.185. The Bertz CT molecular complexity index is 894. The Morgan fingerprint density at radius 3 is 2.30 bits per heavy atom. The second-order valence-electron chi connectivity index (χ2n) is 11.6. The zero-order valence-electron chi connectivity index (χ0n) is 21.2. The Hall–Kier alpha value is -1.36. The van der Waals surface area contributed by atoms with Gasteiger partial charge in [0.25, 0.3) is 5.60 Å². The van der Waals surface area contributed by atoms with Crippen LogP contribution in [0.15, 0.2) is 35.5 Å². The molecule has 0 aromatic rings. The Labute approximate surface area is 213 Å². The van der Waals surface area contributed by atoms with Gasteiger partial charge in [0.05, 0.1) is 18.3 Å². The van der Waals surface area contributed by atoms with Gasteiger partial charge >= 0.3 is 12.4 Å². The van der Waals surface area contributed by atoms with Gasteiger partial charge in [-0.05, 0) is 79.3 Å². The van der Waals surface area contributed by atoms with Crippen LogP contribution in [0.3, 0.4) is 0 Å². The Kier molecular flexibility index (Phi) is 8.70. The molecule has 0 aromatic heterocycles. The smallest absolute Gasteiger partial charge is 0.393 e. The fraction of sp³-hybridized carbons (Fsp3) is 0.778. The van der Waals surface area contributed by atoms with Gasteiger partial charge in [0.1, 0.15) is 0 Å². The van der Waals surface area contributed by atoms with Crippen molar-refractivity contribution in [3.63, 3.8) is 0 Å². The summed E-state index contributed by atoms with van der Waals surface area (Å²) in [5, 5.41) is 39.8. The molecule has 3 rings (SSSR count). The maximum Gasteiger partial charge on any atom is 0.426 e. The summed E-state index contributed by atoms with van der Waals surface area (Å²) >= 11 is 0. The number of allylic oxidation sites excluding steroid dienone is 3. The first-order valence-corrected chi connectivity index (χ1v) is 12.9. The van der Waals surface area contributed by atoms with E-state index >= 15 is 0 Å². The largest absolute Gasteiger partial charge is 0.426 e. The molecule has 3 aliphatic carbocycles. The molecule has 10 heteroatoms. The molecule has 0 radical (unpaired) electrons. The van der Waals surface area contributed by atoms with Crippen molar-refractivity contribution in [3.05, 3.63) is 35.5 Å². The highest BCUT2D eigenvalue weighted by molar-refractivity contribution is 5.38. The molecule has 0 amide bonds. The molecule has 7 atom stereocenters. The minimum atomic E-state index is -5.95. The summed E-state index contributed by atoms with van der Waals surface area (Å²) in [6.07, 6.45) is -8.72. The predicted octanol–water partition coefficient (Wildman–Crippen LogP) is 5.76. The minimum Gasteiger partial charge on any atom is -0.393 e. The molecule has 37 heavy (non-hydrogen) atoms. The second kappa shape index (κ2) is 10.7. The molecule has 0 bridgehead atoms. The fourth-order valence-corrected chi connectivity index (χ4v) is 7.09. The van der Waals surface area contributed by atoms with Crippen molar-refractivity contribution in [1.29, 1.82) is 0 Å². The summed E-state index contributed by atoms with van der Waals surface area (Å²) < 4.78 is 78.4. The van der Waals surface area contributed by atoms with Gasteiger partial charge in [-0.25, -0.2) is 0 Å². The molecule has 3 saturated carbocycles. The predicted molar refractivity (Wildman–Crippen MR) is 126 cm³/mol. The van der Waals surface area contributed by atoms with Gasteiger partial charge in [-0.15, -0.1) is 0 Å². The zero-order valence-corrected chi connectivity index (χ0v) is 21.2. The average Bonchev–Trinajstić information content (AvgIpc) is 3.11. The van der Waals surface area contributed by atoms with E-state index < -0.39 is 42.7 Å². The van der Waals surface area contributed by atoms with Crippen molar-refractivity contribution in [2.45, 2.75) is 108 Å². The quantitative estimate of drug-likeness (QED) is 0.323. The van der Waals surface area contributed by atoms with Crippen LogP contribution >= 0.6 is 0 Å². The lowest BCUT2D eigenvalue weighted by Crippen LogP contribution is -2.58. The first-order valence-electron chi connectivity index (χ1n) is 12.9. The van der Waals surface area contributed by atoms with E-state index in [9.17, 15) is 46.8 Å². The van der Waals surface area contributed by atoms with E-state index in [2.05, 4.69) is 13.5 Å². The van der Waals surface area contributed by atoms with Crippen molar-refractivity contribution in [1.82, 2.24) is 0 Å². The summed E-state index contributed by atoms with van der Waals surface area (Å²) in [4.78, 5) is 0.